The van der Waals surface area contributed by atoms with Gasteiger partial charge >= 0.3 is 0 Å². The lowest BCUT2D eigenvalue weighted by molar-refractivity contribution is -0.385. The van der Waals surface area contributed by atoms with Crippen LogP contribution in [0.15, 0.2) is 36.5 Å². The summed E-state index contributed by atoms with van der Waals surface area (Å²) in [6.45, 7) is 0.00621. The number of hydrogen-bond acceptors (Lipinski definition) is 4. The van der Waals surface area contributed by atoms with Crippen LogP contribution >= 0.6 is 23.2 Å². The Kier molecular flexibility index (Phi) is 4.72. The van der Waals surface area contributed by atoms with Gasteiger partial charge in [-0.05, 0) is 6.07 Å². The first-order valence-electron chi connectivity index (χ1n) is 5.80. The van der Waals surface area contributed by atoms with E-state index in [4.69, 9.17) is 23.2 Å². The molecule has 1 aromatic heterocycles. The zero-order valence-electron chi connectivity index (χ0n) is 10.5. The van der Waals surface area contributed by atoms with E-state index < -0.39 is 10.8 Å². The molecule has 0 fully saturated rings. The SMILES string of the molecule is O=C(NCc1ccccc1[N+](=O)[O-])c1cc(Cl)ncc1Cl. The summed E-state index contributed by atoms with van der Waals surface area (Å²) in [5.41, 5.74) is 0.499. The summed E-state index contributed by atoms with van der Waals surface area (Å²) < 4.78 is 0. The van der Waals surface area contributed by atoms with Gasteiger partial charge in [0.25, 0.3) is 11.6 Å². The van der Waals surface area contributed by atoms with Gasteiger partial charge in [0, 0.05) is 24.4 Å². The number of benzene rings is 1. The van der Waals surface area contributed by atoms with Gasteiger partial charge in [-0.25, -0.2) is 4.98 Å². The molecule has 0 radical (unpaired) electrons. The van der Waals surface area contributed by atoms with Crippen LogP contribution in [0.25, 0.3) is 0 Å². The number of hydrogen-bond donors (Lipinski definition) is 1. The van der Waals surface area contributed by atoms with Crippen LogP contribution in [0.3, 0.4) is 0 Å². The molecule has 0 aliphatic carbocycles. The Labute approximate surface area is 129 Å². The van der Waals surface area contributed by atoms with Crippen LogP contribution in [0.2, 0.25) is 10.2 Å². The van der Waals surface area contributed by atoms with E-state index in [2.05, 4.69) is 10.3 Å². The topological polar surface area (TPSA) is 85.1 Å². The van der Waals surface area contributed by atoms with Gasteiger partial charge in [0.2, 0.25) is 0 Å². The van der Waals surface area contributed by atoms with Crippen LogP contribution < -0.4 is 5.32 Å². The number of aromatic nitrogens is 1. The third-order valence-electron chi connectivity index (χ3n) is 2.69. The van der Waals surface area contributed by atoms with E-state index in [-0.39, 0.29) is 28.0 Å². The van der Waals surface area contributed by atoms with Crippen molar-refractivity contribution >= 4 is 34.8 Å². The van der Waals surface area contributed by atoms with Crippen molar-refractivity contribution in [3.8, 4) is 0 Å². The van der Waals surface area contributed by atoms with E-state index in [9.17, 15) is 14.9 Å². The zero-order valence-corrected chi connectivity index (χ0v) is 12.1. The Morgan fingerprint density at radius 2 is 2.05 bits per heavy atom. The quantitative estimate of drug-likeness (QED) is 0.531. The summed E-state index contributed by atoms with van der Waals surface area (Å²) in [7, 11) is 0. The molecule has 0 bridgehead atoms. The first kappa shape index (κ1) is 15.2. The minimum Gasteiger partial charge on any atom is -0.348 e. The average molecular weight is 326 g/mol. The maximum absolute atomic E-state index is 12.0. The van der Waals surface area contributed by atoms with Gasteiger partial charge in [0.05, 0.1) is 15.5 Å². The van der Waals surface area contributed by atoms with Crippen molar-refractivity contribution in [2.45, 2.75) is 6.54 Å². The van der Waals surface area contributed by atoms with E-state index >= 15 is 0 Å². The molecular formula is C13H9Cl2N3O3. The second kappa shape index (κ2) is 6.51. The predicted octanol–water partition coefficient (Wildman–Crippen LogP) is 3.23. The Hall–Kier alpha value is -2.18. The molecular weight excluding hydrogens is 317 g/mol. The molecule has 0 atom stereocenters. The monoisotopic (exact) mass is 325 g/mol. The number of nitro groups is 1. The smallest absolute Gasteiger partial charge is 0.274 e. The highest BCUT2D eigenvalue weighted by Crippen LogP contribution is 2.20. The van der Waals surface area contributed by atoms with Crippen LogP contribution in [0, 0.1) is 10.1 Å². The second-order valence-electron chi connectivity index (χ2n) is 4.06. The molecule has 0 aliphatic heterocycles. The third kappa shape index (κ3) is 3.68. The van der Waals surface area contributed by atoms with Crippen LogP contribution in [0.5, 0.6) is 0 Å². The summed E-state index contributed by atoms with van der Waals surface area (Å²) in [6.07, 6.45) is 1.27. The van der Waals surface area contributed by atoms with Crippen molar-refractivity contribution in [1.29, 1.82) is 0 Å². The number of para-hydroxylation sites is 1. The molecule has 0 spiro atoms. The highest BCUT2D eigenvalue weighted by atomic mass is 35.5. The van der Waals surface area contributed by atoms with Crippen LogP contribution in [-0.2, 0) is 6.54 Å². The van der Waals surface area contributed by atoms with Gasteiger partial charge in [0.15, 0.2) is 0 Å². The highest BCUT2D eigenvalue weighted by molar-refractivity contribution is 6.35. The largest absolute Gasteiger partial charge is 0.348 e. The van der Waals surface area contributed by atoms with E-state index in [0.717, 1.165) is 0 Å². The van der Waals surface area contributed by atoms with Crippen molar-refractivity contribution in [2.75, 3.05) is 0 Å². The van der Waals surface area contributed by atoms with Gasteiger partial charge in [-0.2, -0.15) is 0 Å². The Bertz CT molecular complexity index is 707. The van der Waals surface area contributed by atoms with Crippen LogP contribution in [0.4, 0.5) is 5.69 Å². The van der Waals surface area contributed by atoms with E-state index in [1.165, 1.54) is 18.3 Å². The lowest BCUT2D eigenvalue weighted by atomic mass is 10.1. The predicted molar refractivity (Wildman–Crippen MR) is 78.5 cm³/mol. The fourth-order valence-electron chi connectivity index (χ4n) is 1.70. The Balaban J connectivity index is 2.15. The molecule has 0 aliphatic rings. The van der Waals surface area contributed by atoms with Crippen LogP contribution in [0.1, 0.15) is 15.9 Å². The number of nitrogens with zero attached hydrogens (tertiary/aromatic N) is 2. The summed E-state index contributed by atoms with van der Waals surface area (Å²) in [5, 5.41) is 13.7. The minimum absolute atomic E-state index is 0.00621. The molecule has 21 heavy (non-hydrogen) atoms. The van der Waals surface area contributed by atoms with Crippen molar-refractivity contribution in [1.82, 2.24) is 10.3 Å². The Morgan fingerprint density at radius 3 is 2.76 bits per heavy atom. The fraction of sp³-hybridized carbons (Fsp3) is 0.0769. The molecule has 0 saturated carbocycles. The number of carbonyl (C=O) groups is 1. The number of halogens is 2. The normalized spacial score (nSPS) is 10.2. The third-order valence-corrected chi connectivity index (χ3v) is 3.20. The van der Waals surface area contributed by atoms with Gasteiger partial charge in [-0.3, -0.25) is 14.9 Å². The van der Waals surface area contributed by atoms with E-state index in [0.29, 0.717) is 5.56 Å². The van der Waals surface area contributed by atoms with Gasteiger partial charge in [-0.15, -0.1) is 0 Å². The van der Waals surface area contributed by atoms with E-state index in [1.54, 1.807) is 18.2 Å². The number of amides is 1. The molecule has 1 aromatic carbocycles. The average Bonchev–Trinajstić information content (AvgIpc) is 2.47. The second-order valence-corrected chi connectivity index (χ2v) is 4.85. The molecule has 1 N–H and O–H groups in total. The number of nitrogens with one attached hydrogen (secondary N) is 1. The summed E-state index contributed by atoms with van der Waals surface area (Å²) in [4.78, 5) is 26.1. The molecule has 1 amide bonds. The van der Waals surface area contributed by atoms with Crippen molar-refractivity contribution < 1.29 is 9.72 Å². The molecule has 0 saturated heterocycles. The Morgan fingerprint density at radius 1 is 1.33 bits per heavy atom. The maximum atomic E-state index is 12.0. The zero-order chi connectivity index (χ0) is 15.4. The van der Waals surface area contributed by atoms with Gasteiger partial charge in [0.1, 0.15) is 5.15 Å². The first-order valence-corrected chi connectivity index (χ1v) is 6.56. The molecule has 108 valence electrons. The molecule has 8 heteroatoms. The molecule has 1 heterocycles. The molecule has 2 aromatic rings. The van der Waals surface area contributed by atoms with Crippen molar-refractivity contribution in [3.05, 3.63) is 67.9 Å². The molecule has 6 nitrogen and oxygen atoms in total. The maximum Gasteiger partial charge on any atom is 0.274 e. The molecule has 0 unspecified atom stereocenters. The van der Waals surface area contributed by atoms with Gasteiger partial charge in [-0.1, -0.05) is 41.4 Å². The fourth-order valence-corrected chi connectivity index (χ4v) is 2.04. The standard InChI is InChI=1S/C13H9Cl2N3O3/c14-10-7-16-12(15)5-9(10)13(19)17-6-8-3-1-2-4-11(8)18(20)21/h1-5,7H,6H2,(H,17,19). The summed E-state index contributed by atoms with van der Waals surface area (Å²) in [6, 6.07) is 7.49. The van der Waals surface area contributed by atoms with Crippen LogP contribution in [-0.4, -0.2) is 15.8 Å². The van der Waals surface area contributed by atoms with Crippen molar-refractivity contribution in [2.24, 2.45) is 0 Å². The summed E-state index contributed by atoms with van der Waals surface area (Å²) in [5.74, 6) is -0.484. The van der Waals surface area contributed by atoms with Crippen molar-refractivity contribution in [3.63, 3.8) is 0 Å². The lowest BCUT2D eigenvalue weighted by Gasteiger charge is -2.07. The first-order chi connectivity index (χ1) is 9.99. The van der Waals surface area contributed by atoms with Gasteiger partial charge < -0.3 is 5.32 Å². The number of rotatable bonds is 4. The van der Waals surface area contributed by atoms with E-state index in [1.807, 2.05) is 0 Å². The molecule has 2 rings (SSSR count). The highest BCUT2D eigenvalue weighted by Gasteiger charge is 2.15. The summed E-state index contributed by atoms with van der Waals surface area (Å²) >= 11 is 11.6. The number of nitro benzene ring substituents is 1. The lowest BCUT2D eigenvalue weighted by Crippen LogP contribution is -2.23. The minimum atomic E-state index is -0.502. The number of pyridine rings is 1. The number of carbonyl (C=O) groups excluding carboxylic acids is 1.